The maximum Gasteiger partial charge on any atom is 0.337 e. The van der Waals surface area contributed by atoms with Gasteiger partial charge in [-0.05, 0) is 32.3 Å². The Labute approximate surface area is 157 Å². The van der Waals surface area contributed by atoms with E-state index in [0.717, 1.165) is 0 Å². The molecule has 1 aliphatic heterocycles. The minimum absolute atomic E-state index is 0.0632. The van der Waals surface area contributed by atoms with Crippen LogP contribution in [0, 0.1) is 0 Å². The van der Waals surface area contributed by atoms with Crippen molar-refractivity contribution in [2.45, 2.75) is 0 Å². The predicted octanol–water partition coefficient (Wildman–Crippen LogP) is -0.140. The quantitative estimate of drug-likeness (QED) is 0.542. The summed E-state index contributed by atoms with van der Waals surface area (Å²) in [6, 6.07) is 6.82. The summed E-state index contributed by atoms with van der Waals surface area (Å²) < 4.78 is 4.75. The van der Waals surface area contributed by atoms with E-state index >= 15 is 0 Å². The van der Waals surface area contributed by atoms with E-state index in [-0.39, 0.29) is 43.4 Å². The molecule has 27 heavy (non-hydrogen) atoms. The lowest BCUT2D eigenvalue weighted by molar-refractivity contribution is -0.136. The number of nitrogens with one attached hydrogen (secondary N) is 2. The van der Waals surface area contributed by atoms with Crippen LogP contribution in [0.4, 0.5) is 11.4 Å². The van der Waals surface area contributed by atoms with Crippen molar-refractivity contribution in [2.75, 3.05) is 58.1 Å². The number of methoxy groups -OCH3 is 1. The van der Waals surface area contributed by atoms with Gasteiger partial charge in [0.15, 0.2) is 0 Å². The van der Waals surface area contributed by atoms with E-state index in [1.54, 1.807) is 43.3 Å². The second-order valence-corrected chi connectivity index (χ2v) is 6.29. The van der Waals surface area contributed by atoms with Gasteiger partial charge in [-0.2, -0.15) is 0 Å². The zero-order valence-electron chi connectivity index (χ0n) is 15.6. The molecule has 1 aromatic rings. The summed E-state index contributed by atoms with van der Waals surface area (Å²) in [6.07, 6.45) is 0. The van der Waals surface area contributed by atoms with Crippen molar-refractivity contribution >= 4 is 29.2 Å². The number of aliphatic hydroxyl groups excluding tert-OH is 1. The van der Waals surface area contributed by atoms with E-state index in [1.165, 1.54) is 12.0 Å². The van der Waals surface area contributed by atoms with Crippen molar-refractivity contribution < 1.29 is 24.2 Å². The maximum absolute atomic E-state index is 12.5. The first-order valence-corrected chi connectivity index (χ1v) is 8.39. The largest absolute Gasteiger partial charge is 0.466 e. The van der Waals surface area contributed by atoms with Crippen molar-refractivity contribution in [3.63, 3.8) is 0 Å². The lowest BCUT2D eigenvalue weighted by Gasteiger charge is -2.15. The number of hydrogen-bond donors (Lipinski definition) is 3. The molecule has 3 N–H and O–H groups in total. The molecule has 0 atom stereocenters. The molecule has 0 radical (unpaired) electrons. The van der Waals surface area contributed by atoms with Crippen LogP contribution in [0.5, 0.6) is 0 Å². The highest BCUT2D eigenvalue weighted by Gasteiger charge is 2.34. The third-order valence-corrected chi connectivity index (χ3v) is 3.83. The summed E-state index contributed by atoms with van der Waals surface area (Å²) >= 11 is 0. The molecular weight excluding hydrogens is 352 g/mol. The molecule has 0 spiro atoms. The number of hydrogen-bond acceptors (Lipinski definition) is 7. The van der Waals surface area contributed by atoms with E-state index in [4.69, 9.17) is 9.84 Å². The first kappa shape index (κ1) is 20.4. The van der Waals surface area contributed by atoms with Gasteiger partial charge >= 0.3 is 5.97 Å². The van der Waals surface area contributed by atoms with Gasteiger partial charge in [0.1, 0.15) is 5.70 Å². The van der Waals surface area contributed by atoms with Crippen molar-refractivity contribution in [3.8, 4) is 0 Å². The molecule has 146 valence electrons. The molecule has 1 heterocycles. The fraction of sp³-hybridized carbons (Fsp3) is 0.389. The van der Waals surface area contributed by atoms with Gasteiger partial charge in [-0.15, -0.1) is 0 Å². The molecule has 0 unspecified atom stereocenters. The van der Waals surface area contributed by atoms with Crippen molar-refractivity contribution in [1.82, 2.24) is 9.80 Å². The Kier molecular flexibility index (Phi) is 6.91. The molecule has 2 rings (SSSR count). The SMILES string of the molecule is COC(=O)C1=C(Nc2cccc(NC(=O)CN(C)C)c2)C(=O)N(CCO)C1. The van der Waals surface area contributed by atoms with E-state index < -0.39 is 11.9 Å². The van der Waals surface area contributed by atoms with Gasteiger partial charge in [0.2, 0.25) is 5.91 Å². The van der Waals surface area contributed by atoms with E-state index in [1.807, 2.05) is 0 Å². The second-order valence-electron chi connectivity index (χ2n) is 6.29. The standard InChI is InChI=1S/C18H24N4O5/c1-21(2)11-15(24)19-12-5-4-6-13(9-12)20-16-14(18(26)27-3)10-22(7-8-23)17(16)25/h4-6,9,20,23H,7-8,10-11H2,1-3H3,(H,19,24). The number of amides is 2. The molecule has 9 nitrogen and oxygen atoms in total. The molecule has 0 fully saturated rings. The highest BCUT2D eigenvalue weighted by Crippen LogP contribution is 2.24. The number of nitrogens with zero attached hydrogens (tertiary/aromatic N) is 2. The van der Waals surface area contributed by atoms with Crippen molar-refractivity contribution in [3.05, 3.63) is 35.5 Å². The van der Waals surface area contributed by atoms with Crippen molar-refractivity contribution in [1.29, 1.82) is 0 Å². The number of carbonyl (C=O) groups excluding carboxylic acids is 3. The molecule has 2 amide bonds. The van der Waals surface area contributed by atoms with Crippen LogP contribution < -0.4 is 10.6 Å². The summed E-state index contributed by atoms with van der Waals surface area (Å²) in [7, 11) is 4.83. The number of aliphatic hydroxyl groups is 1. The minimum Gasteiger partial charge on any atom is -0.466 e. The summed E-state index contributed by atoms with van der Waals surface area (Å²) in [4.78, 5) is 39.5. The lowest BCUT2D eigenvalue weighted by Crippen LogP contribution is -2.31. The molecule has 1 aromatic carbocycles. The number of esters is 1. The second kappa shape index (κ2) is 9.15. The predicted molar refractivity (Wildman–Crippen MR) is 100.0 cm³/mol. The first-order chi connectivity index (χ1) is 12.8. The monoisotopic (exact) mass is 376 g/mol. The normalized spacial score (nSPS) is 14.0. The van der Waals surface area contributed by atoms with Crippen molar-refractivity contribution in [2.24, 2.45) is 0 Å². The van der Waals surface area contributed by atoms with Crippen LogP contribution in [0.3, 0.4) is 0 Å². The number of carbonyl (C=O) groups is 3. The maximum atomic E-state index is 12.5. The van der Waals surface area contributed by atoms with Crippen LogP contribution in [0.25, 0.3) is 0 Å². The topological polar surface area (TPSA) is 111 Å². The van der Waals surface area contributed by atoms with Crippen LogP contribution in [-0.4, -0.2) is 80.1 Å². The van der Waals surface area contributed by atoms with Crippen LogP contribution in [0.2, 0.25) is 0 Å². The Morgan fingerprint density at radius 1 is 1.30 bits per heavy atom. The fourth-order valence-corrected chi connectivity index (χ4v) is 2.66. The van der Waals surface area contributed by atoms with Gasteiger partial charge in [0.25, 0.3) is 5.91 Å². The molecule has 0 saturated carbocycles. The first-order valence-electron chi connectivity index (χ1n) is 8.39. The molecule has 0 saturated heterocycles. The summed E-state index contributed by atoms with van der Waals surface area (Å²) in [5, 5.41) is 14.8. The Bertz CT molecular complexity index is 760. The van der Waals surface area contributed by atoms with E-state index in [2.05, 4.69) is 10.6 Å². The van der Waals surface area contributed by atoms with Crippen LogP contribution in [-0.2, 0) is 19.1 Å². The Morgan fingerprint density at radius 2 is 2.00 bits per heavy atom. The van der Waals surface area contributed by atoms with E-state index in [0.29, 0.717) is 11.4 Å². The van der Waals surface area contributed by atoms with Gasteiger partial charge in [-0.1, -0.05) is 6.07 Å². The number of benzene rings is 1. The van der Waals surface area contributed by atoms with Gasteiger partial charge in [-0.3, -0.25) is 9.59 Å². The van der Waals surface area contributed by atoms with Gasteiger partial charge in [0.05, 0.1) is 32.4 Å². The third kappa shape index (κ3) is 5.28. The molecular formula is C18H24N4O5. The highest BCUT2D eigenvalue weighted by atomic mass is 16.5. The summed E-state index contributed by atoms with van der Waals surface area (Å²) in [6.45, 7) is 0.212. The van der Waals surface area contributed by atoms with Gasteiger partial charge < -0.3 is 30.3 Å². The molecule has 9 heteroatoms. The summed E-state index contributed by atoms with van der Waals surface area (Å²) in [5.41, 5.74) is 1.39. The average Bonchev–Trinajstić information content (AvgIpc) is 2.90. The highest BCUT2D eigenvalue weighted by molar-refractivity contribution is 6.08. The number of rotatable bonds is 8. The lowest BCUT2D eigenvalue weighted by atomic mass is 10.2. The Hall–Kier alpha value is -2.91. The zero-order valence-corrected chi connectivity index (χ0v) is 15.6. The molecule has 0 aromatic heterocycles. The molecule has 1 aliphatic rings. The minimum atomic E-state index is -0.610. The van der Waals surface area contributed by atoms with E-state index in [9.17, 15) is 14.4 Å². The number of likely N-dealkylation sites (N-methyl/N-ethyl adjacent to an activating group) is 1. The van der Waals surface area contributed by atoms with Gasteiger partial charge in [0, 0.05) is 17.9 Å². The average molecular weight is 376 g/mol. The zero-order chi connectivity index (χ0) is 20.0. The smallest absolute Gasteiger partial charge is 0.337 e. The third-order valence-electron chi connectivity index (χ3n) is 3.83. The molecule has 0 bridgehead atoms. The fourth-order valence-electron chi connectivity index (χ4n) is 2.66. The number of β-amino-alcohol motifs (C(OH)–C–C–N with tert-alkyl or cyclic N) is 1. The number of anilines is 2. The Morgan fingerprint density at radius 3 is 2.63 bits per heavy atom. The number of ether oxygens (including phenoxy) is 1. The van der Waals surface area contributed by atoms with Gasteiger partial charge in [-0.25, -0.2) is 4.79 Å². The van der Waals surface area contributed by atoms with Crippen LogP contribution in [0.1, 0.15) is 0 Å². The van der Waals surface area contributed by atoms with Crippen LogP contribution in [0.15, 0.2) is 35.5 Å². The Balaban J connectivity index is 2.20. The summed E-state index contributed by atoms with van der Waals surface area (Å²) in [5.74, 6) is -1.18. The molecule has 0 aliphatic carbocycles. The van der Waals surface area contributed by atoms with Crippen LogP contribution >= 0.6 is 0 Å².